The first-order chi connectivity index (χ1) is 13.4. The first-order valence-corrected chi connectivity index (χ1v) is 10.7. The standard InChI is InChI=1S/C23H35N3O2/c1-16-10-17(2)14-26(13-16)15-20-6-4-19(5-7-20)12-25-22(27)8-9-24-23(28)21-11-18(21)3/h4-7,16-18,21H,8-15H2,1-3H3,(H,24,28)(H,25,27)/t16-,17+,18-,21-/m0/s1. The van der Waals surface area contributed by atoms with Crippen molar-refractivity contribution < 1.29 is 9.59 Å². The Kier molecular flexibility index (Phi) is 7.11. The third kappa shape index (κ3) is 6.33. The second-order valence-electron chi connectivity index (χ2n) is 9.09. The van der Waals surface area contributed by atoms with E-state index >= 15 is 0 Å². The lowest BCUT2D eigenvalue weighted by Gasteiger charge is -2.35. The first-order valence-electron chi connectivity index (χ1n) is 10.7. The molecule has 1 heterocycles. The zero-order chi connectivity index (χ0) is 20.1. The molecule has 1 aromatic carbocycles. The maximum absolute atomic E-state index is 12.0. The van der Waals surface area contributed by atoms with Gasteiger partial charge in [-0.15, -0.1) is 0 Å². The second-order valence-corrected chi connectivity index (χ2v) is 9.09. The Morgan fingerprint density at radius 2 is 1.57 bits per heavy atom. The largest absolute Gasteiger partial charge is 0.355 e. The summed E-state index contributed by atoms with van der Waals surface area (Å²) in [5, 5.41) is 5.79. The van der Waals surface area contributed by atoms with E-state index in [9.17, 15) is 9.59 Å². The van der Waals surface area contributed by atoms with Crippen LogP contribution >= 0.6 is 0 Å². The lowest BCUT2D eigenvalue weighted by Crippen LogP contribution is -2.38. The fraction of sp³-hybridized carbons (Fsp3) is 0.652. The first kappa shape index (κ1) is 20.8. The molecular weight excluding hydrogens is 350 g/mol. The number of carbonyl (C=O) groups excluding carboxylic acids is 2. The summed E-state index contributed by atoms with van der Waals surface area (Å²) in [6.07, 6.45) is 2.64. The molecule has 0 radical (unpaired) electrons. The van der Waals surface area contributed by atoms with Gasteiger partial charge in [0.1, 0.15) is 0 Å². The van der Waals surface area contributed by atoms with E-state index in [-0.39, 0.29) is 17.7 Å². The number of nitrogens with one attached hydrogen (secondary N) is 2. The molecule has 4 atom stereocenters. The quantitative estimate of drug-likeness (QED) is 0.723. The van der Waals surface area contributed by atoms with E-state index in [0.717, 1.165) is 30.4 Å². The molecule has 0 spiro atoms. The van der Waals surface area contributed by atoms with Crippen molar-refractivity contribution in [3.8, 4) is 0 Å². The Bertz CT molecular complexity index is 663. The average molecular weight is 386 g/mol. The minimum Gasteiger partial charge on any atom is -0.355 e. The van der Waals surface area contributed by atoms with Crippen molar-refractivity contribution in [2.75, 3.05) is 19.6 Å². The van der Waals surface area contributed by atoms with Gasteiger partial charge in [-0.3, -0.25) is 14.5 Å². The average Bonchev–Trinajstić information content (AvgIpc) is 3.37. The van der Waals surface area contributed by atoms with Gasteiger partial charge in [0.2, 0.25) is 11.8 Å². The number of nitrogens with zero attached hydrogens (tertiary/aromatic N) is 1. The van der Waals surface area contributed by atoms with Crippen LogP contribution in [-0.2, 0) is 22.7 Å². The third-order valence-electron chi connectivity index (χ3n) is 5.96. The van der Waals surface area contributed by atoms with Crippen LogP contribution in [0.5, 0.6) is 0 Å². The molecule has 1 saturated heterocycles. The molecule has 3 rings (SSSR count). The topological polar surface area (TPSA) is 61.4 Å². The Labute approximate surface area is 169 Å². The monoisotopic (exact) mass is 385 g/mol. The van der Waals surface area contributed by atoms with Crippen molar-refractivity contribution in [3.63, 3.8) is 0 Å². The Morgan fingerprint density at radius 3 is 2.18 bits per heavy atom. The molecule has 5 heteroatoms. The number of hydrogen-bond donors (Lipinski definition) is 2. The molecule has 28 heavy (non-hydrogen) atoms. The molecule has 2 aliphatic rings. The molecule has 1 aliphatic carbocycles. The Morgan fingerprint density at radius 1 is 0.964 bits per heavy atom. The number of hydrogen-bond acceptors (Lipinski definition) is 3. The highest BCUT2D eigenvalue weighted by Gasteiger charge is 2.38. The second kappa shape index (κ2) is 9.55. The lowest BCUT2D eigenvalue weighted by molar-refractivity contribution is -0.123. The van der Waals surface area contributed by atoms with Gasteiger partial charge in [0.05, 0.1) is 0 Å². The van der Waals surface area contributed by atoms with Crippen molar-refractivity contribution in [2.45, 2.75) is 53.1 Å². The van der Waals surface area contributed by atoms with Crippen molar-refractivity contribution >= 4 is 11.8 Å². The smallest absolute Gasteiger partial charge is 0.223 e. The molecule has 1 aliphatic heterocycles. The molecular formula is C23H35N3O2. The van der Waals surface area contributed by atoms with Gasteiger partial charge in [-0.25, -0.2) is 0 Å². The molecule has 2 fully saturated rings. The summed E-state index contributed by atoms with van der Waals surface area (Å²) in [5.74, 6) is 2.28. The summed E-state index contributed by atoms with van der Waals surface area (Å²) < 4.78 is 0. The molecule has 1 saturated carbocycles. The van der Waals surface area contributed by atoms with E-state index < -0.39 is 0 Å². The van der Waals surface area contributed by atoms with E-state index in [2.05, 4.69) is 60.6 Å². The number of likely N-dealkylation sites (tertiary alicyclic amines) is 1. The van der Waals surface area contributed by atoms with Gasteiger partial charge in [0, 0.05) is 45.1 Å². The van der Waals surface area contributed by atoms with Gasteiger partial charge in [-0.2, -0.15) is 0 Å². The number of rotatable bonds is 8. The zero-order valence-electron chi connectivity index (χ0n) is 17.5. The van der Waals surface area contributed by atoms with E-state index in [4.69, 9.17) is 0 Å². The van der Waals surface area contributed by atoms with E-state index in [1.54, 1.807) is 0 Å². The van der Waals surface area contributed by atoms with Gasteiger partial charge in [0.25, 0.3) is 0 Å². The molecule has 0 unspecified atom stereocenters. The van der Waals surface area contributed by atoms with Gasteiger partial charge >= 0.3 is 0 Å². The van der Waals surface area contributed by atoms with E-state index in [1.807, 2.05) is 0 Å². The van der Waals surface area contributed by atoms with Crippen molar-refractivity contribution in [1.29, 1.82) is 0 Å². The van der Waals surface area contributed by atoms with E-state index in [1.165, 1.54) is 25.1 Å². The maximum atomic E-state index is 12.0. The highest BCUT2D eigenvalue weighted by Crippen LogP contribution is 2.37. The number of carbonyl (C=O) groups is 2. The van der Waals surface area contributed by atoms with E-state index in [0.29, 0.717) is 25.4 Å². The van der Waals surface area contributed by atoms with Crippen LogP contribution in [0.15, 0.2) is 24.3 Å². The van der Waals surface area contributed by atoms with Crippen molar-refractivity contribution in [2.24, 2.45) is 23.7 Å². The number of amides is 2. The lowest BCUT2D eigenvalue weighted by atomic mass is 9.91. The third-order valence-corrected chi connectivity index (χ3v) is 5.96. The molecule has 0 aromatic heterocycles. The summed E-state index contributed by atoms with van der Waals surface area (Å²) in [6.45, 7) is 11.1. The van der Waals surface area contributed by atoms with Crippen molar-refractivity contribution in [3.05, 3.63) is 35.4 Å². The van der Waals surface area contributed by atoms with Crippen LogP contribution in [0, 0.1) is 23.7 Å². The number of benzene rings is 1. The van der Waals surface area contributed by atoms with Crippen LogP contribution in [0.3, 0.4) is 0 Å². The van der Waals surface area contributed by atoms with Crippen molar-refractivity contribution in [1.82, 2.24) is 15.5 Å². The van der Waals surface area contributed by atoms with Crippen LogP contribution in [0.25, 0.3) is 0 Å². The summed E-state index contributed by atoms with van der Waals surface area (Å²) in [4.78, 5) is 26.3. The van der Waals surface area contributed by atoms with Gasteiger partial charge in [-0.05, 0) is 41.7 Å². The molecule has 2 amide bonds. The molecule has 154 valence electrons. The molecule has 0 bridgehead atoms. The SMILES string of the molecule is C[C@@H]1C[C@H](C)CN(Cc2ccc(CNC(=O)CCNC(=O)[C@H]3C[C@@H]3C)cc2)C1. The van der Waals surface area contributed by atoms with Crippen LogP contribution in [-0.4, -0.2) is 36.3 Å². The fourth-order valence-corrected chi connectivity index (χ4v) is 4.35. The number of piperidine rings is 1. The highest BCUT2D eigenvalue weighted by molar-refractivity contribution is 5.82. The summed E-state index contributed by atoms with van der Waals surface area (Å²) in [5.41, 5.74) is 2.43. The molecule has 2 N–H and O–H groups in total. The highest BCUT2D eigenvalue weighted by atomic mass is 16.2. The zero-order valence-corrected chi connectivity index (χ0v) is 17.5. The van der Waals surface area contributed by atoms with Crippen LogP contribution in [0.4, 0.5) is 0 Å². The Balaban J connectivity index is 1.34. The summed E-state index contributed by atoms with van der Waals surface area (Å²) in [6, 6.07) is 8.54. The van der Waals surface area contributed by atoms with Gasteiger partial charge < -0.3 is 10.6 Å². The predicted molar refractivity (Wildman–Crippen MR) is 111 cm³/mol. The maximum Gasteiger partial charge on any atom is 0.223 e. The molecule has 1 aromatic rings. The Hall–Kier alpha value is -1.88. The van der Waals surface area contributed by atoms with Crippen LogP contribution in [0.1, 0.15) is 51.2 Å². The summed E-state index contributed by atoms with van der Waals surface area (Å²) >= 11 is 0. The van der Waals surface area contributed by atoms with Crippen LogP contribution < -0.4 is 10.6 Å². The predicted octanol–water partition coefficient (Wildman–Crippen LogP) is 2.94. The van der Waals surface area contributed by atoms with Gasteiger partial charge in [0.15, 0.2) is 0 Å². The van der Waals surface area contributed by atoms with Gasteiger partial charge in [-0.1, -0.05) is 45.0 Å². The normalized spacial score (nSPS) is 27.2. The minimum atomic E-state index is -0.0236. The fourth-order valence-electron chi connectivity index (χ4n) is 4.35. The van der Waals surface area contributed by atoms with Crippen LogP contribution in [0.2, 0.25) is 0 Å². The molecule has 5 nitrogen and oxygen atoms in total. The minimum absolute atomic E-state index is 0.0236. The summed E-state index contributed by atoms with van der Waals surface area (Å²) in [7, 11) is 0.